The lowest BCUT2D eigenvalue weighted by Gasteiger charge is -2.60. The summed E-state index contributed by atoms with van der Waals surface area (Å²) in [5, 5.41) is 18.1. The fourth-order valence-electron chi connectivity index (χ4n) is 11.0. The number of carbonyl (C=O) groups excluding carboxylic acids is 5. The number of hydrogen-bond acceptors (Lipinski definition) is 10. The number of aliphatic carboxylic acids is 2. The molecule has 0 aromatic heterocycles. The van der Waals surface area contributed by atoms with Crippen molar-refractivity contribution < 1.29 is 58.0 Å². The van der Waals surface area contributed by atoms with Crippen LogP contribution in [0.2, 0.25) is 0 Å². The molecule has 0 saturated heterocycles. The van der Waals surface area contributed by atoms with Crippen LogP contribution in [-0.4, -0.2) is 70.4 Å². The molecule has 5 aliphatic carbocycles. The lowest BCUT2D eigenvalue weighted by molar-refractivity contribution is -0.175. The van der Waals surface area contributed by atoms with Crippen molar-refractivity contribution in [3.8, 4) is 0 Å². The van der Waals surface area contributed by atoms with E-state index in [1.807, 2.05) is 6.92 Å². The van der Waals surface area contributed by atoms with E-state index in [4.69, 9.17) is 19.3 Å². The van der Waals surface area contributed by atoms with Gasteiger partial charge in [-0.05, 0) is 83.7 Å². The zero-order valence-electron chi connectivity index (χ0n) is 29.7. The highest BCUT2D eigenvalue weighted by Gasteiger charge is 2.82. The normalized spacial score (nSPS) is 37.5. The predicted octanol–water partition coefficient (Wildman–Crippen LogP) is 4.87. The number of ether oxygens (including phenoxy) is 3. The van der Waals surface area contributed by atoms with E-state index >= 15 is 0 Å². The molecule has 12 nitrogen and oxygen atoms in total. The van der Waals surface area contributed by atoms with Gasteiger partial charge in [0.2, 0.25) is 0 Å². The van der Waals surface area contributed by atoms with E-state index in [-0.39, 0.29) is 53.0 Å². The Morgan fingerprint density at radius 2 is 1.60 bits per heavy atom. The minimum atomic E-state index is -1.46. The molecule has 50 heavy (non-hydrogen) atoms. The number of carboxylic acids is 2. The Morgan fingerprint density at radius 3 is 2.22 bits per heavy atom. The molecule has 11 atom stereocenters. The van der Waals surface area contributed by atoms with Crippen molar-refractivity contribution in [3.63, 3.8) is 0 Å². The summed E-state index contributed by atoms with van der Waals surface area (Å²) in [7, 11) is 0. The molecular weight excluding hydrogens is 648 g/mol. The number of allylic oxidation sites excluding steroid dienone is 2. The van der Waals surface area contributed by atoms with E-state index < -0.39 is 89.8 Å². The molecule has 4 fully saturated rings. The first-order valence-electron chi connectivity index (χ1n) is 17.8. The van der Waals surface area contributed by atoms with Crippen LogP contribution in [0.3, 0.4) is 0 Å². The van der Waals surface area contributed by atoms with E-state index in [0.29, 0.717) is 12.8 Å². The Balaban J connectivity index is 1.48. The summed E-state index contributed by atoms with van der Waals surface area (Å²) in [6.07, 6.45) is 4.56. The number of hydrogen-bond donors (Lipinski definition) is 2. The number of fused-ring (bicyclic) bond motifs is 2. The summed E-state index contributed by atoms with van der Waals surface area (Å²) < 4.78 is 17.2. The fourth-order valence-corrected chi connectivity index (χ4v) is 11.0. The maximum Gasteiger partial charge on any atom is 0.307 e. The molecule has 0 aromatic carbocycles. The molecule has 274 valence electrons. The van der Waals surface area contributed by atoms with Gasteiger partial charge in [0, 0.05) is 24.7 Å². The van der Waals surface area contributed by atoms with Gasteiger partial charge in [0.25, 0.3) is 0 Å². The average Bonchev–Trinajstić information content (AvgIpc) is 3.66. The largest absolute Gasteiger partial charge is 0.481 e. The number of ketones is 2. The van der Waals surface area contributed by atoms with Crippen LogP contribution >= 0.6 is 0 Å². The molecule has 0 bridgehead atoms. The maximum absolute atomic E-state index is 14.5. The number of esters is 3. The van der Waals surface area contributed by atoms with Crippen molar-refractivity contribution >= 4 is 41.4 Å². The first-order valence-corrected chi connectivity index (χ1v) is 17.8. The summed E-state index contributed by atoms with van der Waals surface area (Å²) in [5.41, 5.74) is -1.23. The second-order valence-corrected chi connectivity index (χ2v) is 16.0. The molecule has 2 N–H and O–H groups in total. The van der Waals surface area contributed by atoms with E-state index in [2.05, 4.69) is 26.5 Å². The van der Waals surface area contributed by atoms with E-state index in [9.17, 15) is 38.7 Å². The molecule has 0 heterocycles. The van der Waals surface area contributed by atoms with Gasteiger partial charge in [-0.3, -0.25) is 33.6 Å². The Bertz CT molecular complexity index is 1530. The molecule has 2 unspecified atom stereocenters. The van der Waals surface area contributed by atoms with E-state index in [0.717, 1.165) is 25.7 Å². The van der Waals surface area contributed by atoms with Crippen molar-refractivity contribution in [2.24, 2.45) is 51.2 Å². The molecule has 5 aliphatic rings. The summed E-state index contributed by atoms with van der Waals surface area (Å²) >= 11 is 0. The minimum Gasteiger partial charge on any atom is -0.481 e. The van der Waals surface area contributed by atoms with Crippen molar-refractivity contribution in [1.82, 2.24) is 0 Å². The molecule has 0 aromatic rings. The van der Waals surface area contributed by atoms with Crippen molar-refractivity contribution in [2.45, 2.75) is 111 Å². The first-order chi connectivity index (χ1) is 23.3. The lowest BCUT2D eigenvalue weighted by Crippen LogP contribution is -2.57. The van der Waals surface area contributed by atoms with Gasteiger partial charge >= 0.3 is 29.8 Å². The SMILES string of the molecule is C=C(C(=O)[C@H](OC(=O)CCC(=O)O)C1[C@@H](OC(C)=O)C[C@@]2(C)[C@@H]3CCC4[C@H](C)C(=O)C=C[C@@]45C[C@@]35CC[C@]12C)[C@@H](C)COC(=O)CCC(=O)O. The summed E-state index contributed by atoms with van der Waals surface area (Å²) in [6, 6.07) is 0. The quantitative estimate of drug-likeness (QED) is 0.143. The van der Waals surface area contributed by atoms with Gasteiger partial charge < -0.3 is 24.4 Å². The summed E-state index contributed by atoms with van der Waals surface area (Å²) in [6.45, 7) is 12.9. The van der Waals surface area contributed by atoms with Crippen LogP contribution in [0.4, 0.5) is 0 Å². The Morgan fingerprint density at radius 1 is 0.960 bits per heavy atom. The molecule has 5 rings (SSSR count). The van der Waals surface area contributed by atoms with Crippen LogP contribution in [0.1, 0.15) is 98.8 Å². The number of rotatable bonds is 14. The van der Waals surface area contributed by atoms with Gasteiger partial charge in [-0.15, -0.1) is 0 Å². The van der Waals surface area contributed by atoms with Gasteiger partial charge in [0.05, 0.1) is 32.3 Å². The standard InChI is InChI=1S/C38H50O12/c1-20(18-48-30(45)11-9-28(41)42)21(2)33(47)34(50-31(46)12-10-29(43)44)32-26(49-23(4)39)17-36(6)27-8-7-24-22(3)25(40)13-14-37(24)19-38(27,37)16-15-35(32,36)5/h13-14,20,22,24,26-27,32,34H,2,7-12,15-19H2,1,3-6H3,(H,41,42)(H,43,44)/t20-,22-,24?,26-,27-,32?,34+,35+,36-,37+,38-/m0/s1. The van der Waals surface area contributed by atoms with Crippen molar-refractivity contribution in [2.75, 3.05) is 6.61 Å². The fraction of sp³-hybridized carbons (Fsp3) is 0.711. The lowest BCUT2D eigenvalue weighted by atomic mass is 9.43. The number of Topliss-reactive ketones (excluding diaryl/α,β-unsaturated/α-hetero) is 1. The Labute approximate surface area is 292 Å². The zero-order chi connectivity index (χ0) is 37.0. The van der Waals surface area contributed by atoms with E-state index in [1.165, 1.54) is 6.92 Å². The van der Waals surface area contributed by atoms with E-state index in [1.54, 1.807) is 13.0 Å². The predicted molar refractivity (Wildman–Crippen MR) is 176 cm³/mol. The average molecular weight is 699 g/mol. The van der Waals surface area contributed by atoms with Crippen LogP contribution in [-0.2, 0) is 47.8 Å². The van der Waals surface area contributed by atoms with Crippen LogP contribution in [0, 0.1) is 51.2 Å². The molecule has 0 radical (unpaired) electrons. The summed E-state index contributed by atoms with van der Waals surface area (Å²) in [5.74, 6) is -6.13. The van der Waals surface area contributed by atoms with Crippen LogP contribution < -0.4 is 0 Å². The van der Waals surface area contributed by atoms with Crippen LogP contribution in [0.15, 0.2) is 24.3 Å². The molecule has 0 aliphatic heterocycles. The van der Waals surface area contributed by atoms with Crippen LogP contribution in [0.5, 0.6) is 0 Å². The third kappa shape index (κ3) is 6.10. The van der Waals surface area contributed by atoms with Gasteiger partial charge in [-0.25, -0.2) is 0 Å². The number of carbonyl (C=O) groups is 7. The molecule has 4 saturated carbocycles. The molecule has 0 amide bonds. The third-order valence-corrected chi connectivity index (χ3v) is 13.7. The second kappa shape index (κ2) is 13.4. The van der Waals surface area contributed by atoms with Gasteiger partial charge in [0.1, 0.15) is 6.10 Å². The van der Waals surface area contributed by atoms with Gasteiger partial charge in [-0.2, -0.15) is 0 Å². The topological polar surface area (TPSA) is 188 Å². The highest BCUT2D eigenvalue weighted by atomic mass is 16.6. The van der Waals surface area contributed by atoms with Crippen LogP contribution in [0.25, 0.3) is 0 Å². The molecular formula is C38H50O12. The highest BCUT2D eigenvalue weighted by molar-refractivity contribution is 6.00. The smallest absolute Gasteiger partial charge is 0.307 e. The molecule has 2 spiro atoms. The summed E-state index contributed by atoms with van der Waals surface area (Å²) in [4.78, 5) is 87.3. The first kappa shape index (κ1) is 37.4. The van der Waals surface area contributed by atoms with Gasteiger partial charge in [-0.1, -0.05) is 40.3 Å². The third-order valence-electron chi connectivity index (χ3n) is 13.7. The monoisotopic (exact) mass is 698 g/mol. The minimum absolute atomic E-state index is 0.00535. The van der Waals surface area contributed by atoms with Crippen molar-refractivity contribution in [3.05, 3.63) is 24.3 Å². The zero-order valence-corrected chi connectivity index (χ0v) is 29.7. The number of carboxylic acid groups (broad SMARTS) is 2. The van der Waals surface area contributed by atoms with Crippen molar-refractivity contribution in [1.29, 1.82) is 0 Å². The second-order valence-electron chi connectivity index (χ2n) is 16.0. The highest BCUT2D eigenvalue weighted by Crippen LogP contribution is 2.87. The molecule has 12 heteroatoms. The van der Waals surface area contributed by atoms with Gasteiger partial charge in [0.15, 0.2) is 17.7 Å². The maximum atomic E-state index is 14.5. The Hall–Kier alpha value is -3.83. The Kier molecular flexibility index (Phi) is 10.0.